The van der Waals surface area contributed by atoms with Gasteiger partial charge in [0.1, 0.15) is 11.4 Å². The van der Waals surface area contributed by atoms with Crippen molar-refractivity contribution >= 4 is 11.9 Å². The number of hydroxylamine groups is 1. The van der Waals surface area contributed by atoms with Crippen molar-refractivity contribution in [3.05, 3.63) is 0 Å². The zero-order valence-electron chi connectivity index (χ0n) is 10.4. The Kier molecular flexibility index (Phi) is 2.57. The predicted molar refractivity (Wildman–Crippen MR) is 61.0 cm³/mol. The molecule has 2 rings (SSSR count). The molecule has 0 aromatic rings. The van der Waals surface area contributed by atoms with Gasteiger partial charge >= 0.3 is 6.09 Å². The van der Waals surface area contributed by atoms with Crippen molar-refractivity contribution in [1.82, 2.24) is 10.4 Å². The quantitative estimate of drug-likeness (QED) is 0.366. The minimum Gasteiger partial charge on any atom is -0.444 e. The van der Waals surface area contributed by atoms with Gasteiger partial charge in [0, 0.05) is 13.1 Å². The lowest BCUT2D eigenvalue weighted by molar-refractivity contribution is 0.0268. The molecule has 1 saturated carbocycles. The van der Waals surface area contributed by atoms with Crippen LogP contribution in [-0.4, -0.2) is 40.7 Å². The van der Waals surface area contributed by atoms with Gasteiger partial charge in [-0.15, -0.1) is 0 Å². The minimum absolute atomic E-state index is 0.105. The first-order chi connectivity index (χ1) is 7.78. The van der Waals surface area contributed by atoms with E-state index in [2.05, 4.69) is 0 Å². The maximum absolute atomic E-state index is 11.8. The number of amides is 1. The molecule has 0 bridgehead atoms. The number of carbonyl (C=O) groups excluding carboxylic acids is 1. The Morgan fingerprint density at radius 1 is 1.59 bits per heavy atom. The highest BCUT2D eigenvalue weighted by molar-refractivity contribution is 5.89. The number of likely N-dealkylation sites (tertiary alicyclic amines) is 1. The number of nitrogens with one attached hydrogen (secondary N) is 2. The van der Waals surface area contributed by atoms with Gasteiger partial charge in [-0.2, -0.15) is 0 Å². The van der Waals surface area contributed by atoms with E-state index in [1.807, 2.05) is 26.3 Å². The molecule has 6 heteroatoms. The first-order valence-electron chi connectivity index (χ1n) is 5.75. The number of amidine groups is 1. The van der Waals surface area contributed by atoms with E-state index in [1.165, 1.54) is 0 Å². The summed E-state index contributed by atoms with van der Waals surface area (Å²) in [6, 6.07) is 0. The van der Waals surface area contributed by atoms with E-state index in [1.54, 1.807) is 4.90 Å². The molecule has 1 aliphatic heterocycles. The van der Waals surface area contributed by atoms with E-state index >= 15 is 0 Å². The van der Waals surface area contributed by atoms with Crippen LogP contribution >= 0.6 is 0 Å². The van der Waals surface area contributed by atoms with E-state index < -0.39 is 5.60 Å². The van der Waals surface area contributed by atoms with Gasteiger partial charge < -0.3 is 9.64 Å². The van der Waals surface area contributed by atoms with Crippen LogP contribution in [0, 0.1) is 16.7 Å². The fourth-order valence-electron chi connectivity index (χ4n) is 2.45. The van der Waals surface area contributed by atoms with Crippen molar-refractivity contribution in [2.24, 2.45) is 11.3 Å². The van der Waals surface area contributed by atoms with Crippen LogP contribution in [0.25, 0.3) is 0 Å². The molecule has 0 aromatic carbocycles. The van der Waals surface area contributed by atoms with E-state index in [9.17, 15) is 4.79 Å². The SMILES string of the molecule is CC(C)(C)OC(=O)N1CC2CC2(C(=N)NO)C1. The van der Waals surface area contributed by atoms with Crippen LogP contribution in [0.4, 0.5) is 4.79 Å². The summed E-state index contributed by atoms with van der Waals surface area (Å²) >= 11 is 0. The number of rotatable bonds is 1. The van der Waals surface area contributed by atoms with Crippen molar-refractivity contribution in [3.63, 3.8) is 0 Å². The number of carbonyl (C=O) groups is 1. The Morgan fingerprint density at radius 2 is 2.24 bits per heavy atom. The molecular formula is C11H19N3O3. The van der Waals surface area contributed by atoms with Crippen molar-refractivity contribution in [1.29, 1.82) is 5.41 Å². The predicted octanol–water partition coefficient (Wildman–Crippen LogP) is 1.20. The van der Waals surface area contributed by atoms with Gasteiger partial charge in [0.15, 0.2) is 0 Å². The number of nitrogens with zero attached hydrogens (tertiary/aromatic N) is 1. The molecule has 2 unspecified atom stereocenters. The van der Waals surface area contributed by atoms with Crippen LogP contribution in [0.3, 0.4) is 0 Å². The van der Waals surface area contributed by atoms with Crippen molar-refractivity contribution in [3.8, 4) is 0 Å². The third-order valence-corrected chi connectivity index (χ3v) is 3.41. The Morgan fingerprint density at radius 3 is 2.76 bits per heavy atom. The topological polar surface area (TPSA) is 85.7 Å². The lowest BCUT2D eigenvalue weighted by atomic mass is 10.1. The number of fused-ring (bicyclic) bond motifs is 1. The van der Waals surface area contributed by atoms with Crippen LogP contribution in [0.1, 0.15) is 27.2 Å². The molecule has 0 spiro atoms. The molecular weight excluding hydrogens is 222 g/mol. The maximum Gasteiger partial charge on any atom is 0.410 e. The molecule has 3 N–H and O–H groups in total. The van der Waals surface area contributed by atoms with Gasteiger partial charge in [-0.3, -0.25) is 16.1 Å². The number of ether oxygens (including phenoxy) is 1. The summed E-state index contributed by atoms with van der Waals surface area (Å²) in [6.45, 7) is 6.55. The molecule has 96 valence electrons. The summed E-state index contributed by atoms with van der Waals surface area (Å²) in [5, 5.41) is 16.4. The summed E-state index contributed by atoms with van der Waals surface area (Å²) in [5.41, 5.74) is 1.05. The summed E-state index contributed by atoms with van der Waals surface area (Å²) in [5.74, 6) is 0.385. The highest BCUT2D eigenvalue weighted by atomic mass is 16.6. The van der Waals surface area contributed by atoms with E-state index in [4.69, 9.17) is 15.4 Å². The number of hydrogen-bond donors (Lipinski definition) is 3. The second-order valence-electron chi connectivity index (χ2n) is 5.90. The van der Waals surface area contributed by atoms with Gasteiger partial charge in [0.25, 0.3) is 0 Å². The second-order valence-corrected chi connectivity index (χ2v) is 5.90. The van der Waals surface area contributed by atoms with Gasteiger partial charge in [-0.05, 0) is 33.1 Å². The fraction of sp³-hybridized carbons (Fsp3) is 0.818. The molecule has 1 heterocycles. The molecule has 6 nitrogen and oxygen atoms in total. The zero-order valence-corrected chi connectivity index (χ0v) is 10.4. The van der Waals surface area contributed by atoms with E-state index in [0.29, 0.717) is 13.1 Å². The normalized spacial score (nSPS) is 30.8. The van der Waals surface area contributed by atoms with Crippen molar-refractivity contribution in [2.75, 3.05) is 13.1 Å². The molecule has 0 radical (unpaired) electrons. The van der Waals surface area contributed by atoms with E-state index in [-0.39, 0.29) is 23.3 Å². The lowest BCUT2D eigenvalue weighted by Gasteiger charge is -2.26. The standard InChI is InChI=1S/C11H19N3O3/c1-10(2,3)17-9(15)14-5-7-4-11(7,6-14)8(12)13-16/h7,16H,4-6H2,1-3H3,(H2,12,13). The van der Waals surface area contributed by atoms with E-state index in [0.717, 1.165) is 6.42 Å². The largest absolute Gasteiger partial charge is 0.444 e. The van der Waals surface area contributed by atoms with Crippen molar-refractivity contribution in [2.45, 2.75) is 32.8 Å². The zero-order chi connectivity index (χ0) is 12.8. The monoisotopic (exact) mass is 241 g/mol. The summed E-state index contributed by atoms with van der Waals surface area (Å²) in [7, 11) is 0. The number of piperidine rings is 1. The molecule has 1 saturated heterocycles. The third-order valence-electron chi connectivity index (χ3n) is 3.41. The van der Waals surface area contributed by atoms with Crippen molar-refractivity contribution < 1.29 is 14.7 Å². The summed E-state index contributed by atoms with van der Waals surface area (Å²) < 4.78 is 5.28. The first-order valence-corrected chi connectivity index (χ1v) is 5.75. The molecule has 17 heavy (non-hydrogen) atoms. The van der Waals surface area contributed by atoms with Crippen LogP contribution in [0.5, 0.6) is 0 Å². The molecule has 1 amide bonds. The number of hydrogen-bond acceptors (Lipinski definition) is 4. The van der Waals surface area contributed by atoms with Crippen LogP contribution < -0.4 is 5.48 Å². The Hall–Kier alpha value is -1.30. The Bertz CT molecular complexity index is 363. The molecule has 1 aliphatic carbocycles. The second kappa shape index (κ2) is 3.60. The minimum atomic E-state index is -0.500. The first kappa shape index (κ1) is 12.2. The Labute approximate surface area is 100 Å². The molecule has 0 aromatic heterocycles. The van der Waals surface area contributed by atoms with Gasteiger partial charge in [-0.1, -0.05) is 0 Å². The van der Waals surface area contributed by atoms with Gasteiger partial charge in [0.05, 0.1) is 5.41 Å². The highest BCUT2D eigenvalue weighted by Crippen LogP contribution is 2.58. The van der Waals surface area contributed by atoms with Crippen LogP contribution in [-0.2, 0) is 4.74 Å². The average Bonchev–Trinajstić information content (AvgIpc) is 2.78. The van der Waals surface area contributed by atoms with Gasteiger partial charge in [0.2, 0.25) is 0 Å². The maximum atomic E-state index is 11.8. The van der Waals surface area contributed by atoms with Crippen LogP contribution in [0.2, 0.25) is 0 Å². The average molecular weight is 241 g/mol. The summed E-state index contributed by atoms with van der Waals surface area (Å²) in [6.07, 6.45) is 0.522. The van der Waals surface area contributed by atoms with Gasteiger partial charge in [-0.25, -0.2) is 4.79 Å². The molecule has 2 atom stereocenters. The van der Waals surface area contributed by atoms with Crippen LogP contribution in [0.15, 0.2) is 0 Å². The fourth-order valence-corrected chi connectivity index (χ4v) is 2.45. The molecule has 2 aliphatic rings. The summed E-state index contributed by atoms with van der Waals surface area (Å²) in [4.78, 5) is 13.4. The third kappa shape index (κ3) is 2.09. The smallest absolute Gasteiger partial charge is 0.410 e. The highest BCUT2D eigenvalue weighted by Gasteiger charge is 2.64. The Balaban J connectivity index is 1.96. The molecule has 2 fully saturated rings. The lowest BCUT2D eigenvalue weighted by Crippen LogP contribution is -2.40.